The molecule has 0 fully saturated rings. The molecule has 1 heterocycles. The van der Waals surface area contributed by atoms with Crippen molar-refractivity contribution < 1.29 is 29.3 Å². The molecule has 0 unspecified atom stereocenters. The number of aromatic carboxylic acids is 1. The normalized spacial score (nSPS) is 11.3. The molecular weight excluding hydrogens is 554 g/mol. The largest absolute Gasteiger partial charge is 0.489 e. The highest BCUT2D eigenvalue weighted by molar-refractivity contribution is 6.20. The molecule has 7 nitrogen and oxygen atoms in total. The Hall–Kier alpha value is -5.95. The van der Waals surface area contributed by atoms with Crippen LogP contribution in [0.4, 0.5) is 0 Å². The molecule has 1 aromatic heterocycles. The third kappa shape index (κ3) is 5.84. The predicted octanol–water partition coefficient (Wildman–Crippen LogP) is 7.45. The van der Waals surface area contributed by atoms with Crippen LogP contribution < -0.4 is 4.74 Å². The summed E-state index contributed by atoms with van der Waals surface area (Å²) in [5.41, 5.74) is 3.87. The van der Waals surface area contributed by atoms with E-state index in [1.807, 2.05) is 89.5 Å². The minimum atomic E-state index is -1.15. The van der Waals surface area contributed by atoms with Crippen molar-refractivity contribution in [3.05, 3.63) is 155 Å². The summed E-state index contributed by atoms with van der Waals surface area (Å²) in [6, 6.07) is 35.0. The molecule has 0 saturated heterocycles. The highest BCUT2D eigenvalue weighted by Crippen LogP contribution is 2.34. The van der Waals surface area contributed by atoms with Crippen LogP contribution in [0.15, 0.2) is 121 Å². The first-order valence-electron chi connectivity index (χ1n) is 14.0. The fraction of sp³-hybridized carbons (Fsp3) is 0.0541. The van der Waals surface area contributed by atoms with Crippen LogP contribution in [0.25, 0.3) is 27.8 Å². The number of carboxylic acids is 2. The maximum absolute atomic E-state index is 14.3. The lowest BCUT2D eigenvalue weighted by molar-refractivity contribution is -0.131. The van der Waals surface area contributed by atoms with Gasteiger partial charge in [0, 0.05) is 29.1 Å². The second-order valence-electron chi connectivity index (χ2n) is 10.4. The molecule has 0 amide bonds. The number of aromatic nitrogens is 1. The molecule has 5 aromatic carbocycles. The summed E-state index contributed by atoms with van der Waals surface area (Å²) in [7, 11) is 0. The summed E-state index contributed by atoms with van der Waals surface area (Å²) in [5.74, 6) is -1.88. The number of carboxylic acid groups (broad SMARTS) is 2. The maximum atomic E-state index is 14.3. The highest BCUT2D eigenvalue weighted by atomic mass is 16.5. The van der Waals surface area contributed by atoms with Crippen LogP contribution in [0.2, 0.25) is 0 Å². The smallest absolute Gasteiger partial charge is 0.335 e. The standard InChI is InChI=1S/C37H27NO6/c39-34(40)19-18-33-35(36(41)29-15-14-26-8-4-5-9-28(26)20-29)31-21-30(44-23-25-6-2-1-3-7-25)16-17-32(31)38(33)22-24-10-12-27(13-11-24)37(42)43/h1-21H,22-23H2,(H,39,40)(H,42,43)/b19-18+. The number of ether oxygens (including phenoxy) is 1. The molecule has 0 spiro atoms. The Balaban J connectivity index is 1.52. The second-order valence-corrected chi connectivity index (χ2v) is 10.4. The Labute approximate surface area is 252 Å². The van der Waals surface area contributed by atoms with Gasteiger partial charge in [-0.05, 0) is 64.4 Å². The third-order valence-corrected chi connectivity index (χ3v) is 7.49. The van der Waals surface area contributed by atoms with Crippen LogP contribution in [0.1, 0.15) is 43.1 Å². The molecule has 6 rings (SSSR count). The first kappa shape index (κ1) is 28.2. The Morgan fingerprint density at radius 1 is 0.705 bits per heavy atom. The molecule has 0 aliphatic heterocycles. The Bertz CT molecular complexity index is 2060. The molecule has 0 aliphatic carbocycles. The minimum absolute atomic E-state index is 0.157. The molecule has 0 saturated carbocycles. The van der Waals surface area contributed by atoms with Gasteiger partial charge in [0.1, 0.15) is 12.4 Å². The number of ketones is 1. The van der Waals surface area contributed by atoms with Gasteiger partial charge in [0.15, 0.2) is 5.78 Å². The molecule has 0 aliphatic rings. The topological polar surface area (TPSA) is 106 Å². The molecule has 0 atom stereocenters. The monoisotopic (exact) mass is 581 g/mol. The average Bonchev–Trinajstić information content (AvgIpc) is 3.34. The van der Waals surface area contributed by atoms with E-state index in [2.05, 4.69) is 0 Å². The first-order valence-corrected chi connectivity index (χ1v) is 14.0. The van der Waals surface area contributed by atoms with Crippen LogP contribution in [-0.4, -0.2) is 32.5 Å². The van der Waals surface area contributed by atoms with Gasteiger partial charge in [-0.3, -0.25) is 4.79 Å². The van der Waals surface area contributed by atoms with E-state index in [4.69, 9.17) is 4.74 Å². The number of hydrogen-bond donors (Lipinski definition) is 2. The van der Waals surface area contributed by atoms with Crippen molar-refractivity contribution in [3.63, 3.8) is 0 Å². The molecule has 216 valence electrons. The molecule has 0 radical (unpaired) electrons. The lowest BCUT2D eigenvalue weighted by Gasteiger charge is -2.11. The molecular formula is C37H27NO6. The Morgan fingerprint density at radius 2 is 1.41 bits per heavy atom. The van der Waals surface area contributed by atoms with E-state index in [0.717, 1.165) is 28.0 Å². The van der Waals surface area contributed by atoms with Crippen LogP contribution in [0, 0.1) is 0 Å². The lowest BCUT2D eigenvalue weighted by Crippen LogP contribution is -2.07. The summed E-state index contributed by atoms with van der Waals surface area (Å²) < 4.78 is 7.99. The maximum Gasteiger partial charge on any atom is 0.335 e. The predicted molar refractivity (Wildman–Crippen MR) is 169 cm³/mol. The number of benzene rings is 5. The van der Waals surface area contributed by atoms with E-state index in [0.29, 0.717) is 40.1 Å². The second kappa shape index (κ2) is 12.1. The average molecular weight is 582 g/mol. The summed E-state index contributed by atoms with van der Waals surface area (Å²) in [6.07, 6.45) is 2.45. The number of rotatable bonds is 10. The van der Waals surface area contributed by atoms with E-state index in [-0.39, 0.29) is 17.9 Å². The quantitative estimate of drug-likeness (QED) is 0.129. The van der Waals surface area contributed by atoms with Crippen molar-refractivity contribution in [3.8, 4) is 5.75 Å². The first-order chi connectivity index (χ1) is 21.4. The van der Waals surface area contributed by atoms with Gasteiger partial charge in [-0.2, -0.15) is 0 Å². The zero-order chi connectivity index (χ0) is 30.6. The molecule has 0 bridgehead atoms. The number of nitrogens with zero attached hydrogens (tertiary/aromatic N) is 1. The molecule has 2 N–H and O–H groups in total. The van der Waals surface area contributed by atoms with Crippen LogP contribution in [0.5, 0.6) is 5.75 Å². The molecule has 6 aromatic rings. The Kier molecular flexibility index (Phi) is 7.76. The zero-order valence-electron chi connectivity index (χ0n) is 23.5. The van der Waals surface area contributed by atoms with Gasteiger partial charge in [-0.25, -0.2) is 9.59 Å². The van der Waals surface area contributed by atoms with Crippen molar-refractivity contribution in [1.82, 2.24) is 4.57 Å². The van der Waals surface area contributed by atoms with Crippen molar-refractivity contribution >= 4 is 45.5 Å². The van der Waals surface area contributed by atoms with Crippen molar-refractivity contribution in [2.75, 3.05) is 0 Å². The minimum Gasteiger partial charge on any atom is -0.489 e. The van der Waals surface area contributed by atoms with Crippen LogP contribution >= 0.6 is 0 Å². The number of aliphatic carboxylic acids is 1. The SMILES string of the molecule is O=C(O)/C=C/c1c(C(=O)c2ccc3ccccc3c2)c2cc(OCc3ccccc3)ccc2n1Cc1ccc(C(=O)O)cc1. The van der Waals surface area contributed by atoms with E-state index in [9.17, 15) is 24.6 Å². The number of fused-ring (bicyclic) bond motifs is 2. The van der Waals surface area contributed by atoms with Crippen molar-refractivity contribution in [2.45, 2.75) is 13.2 Å². The van der Waals surface area contributed by atoms with Gasteiger partial charge in [0.05, 0.1) is 16.8 Å². The van der Waals surface area contributed by atoms with Gasteiger partial charge in [0.25, 0.3) is 0 Å². The van der Waals surface area contributed by atoms with E-state index in [1.165, 1.54) is 18.2 Å². The number of carbonyl (C=O) groups is 3. The van der Waals surface area contributed by atoms with Crippen LogP contribution in [-0.2, 0) is 17.9 Å². The number of carbonyl (C=O) groups excluding carboxylic acids is 1. The third-order valence-electron chi connectivity index (χ3n) is 7.49. The number of hydrogen-bond acceptors (Lipinski definition) is 4. The van der Waals surface area contributed by atoms with Crippen molar-refractivity contribution in [1.29, 1.82) is 0 Å². The summed E-state index contributed by atoms with van der Waals surface area (Å²) >= 11 is 0. The van der Waals surface area contributed by atoms with Crippen molar-refractivity contribution in [2.24, 2.45) is 0 Å². The summed E-state index contributed by atoms with van der Waals surface area (Å²) in [5, 5.41) is 21.4. The van der Waals surface area contributed by atoms with Gasteiger partial charge in [-0.1, -0.05) is 78.9 Å². The molecule has 44 heavy (non-hydrogen) atoms. The van der Waals surface area contributed by atoms with E-state index >= 15 is 0 Å². The van der Waals surface area contributed by atoms with Gasteiger partial charge < -0.3 is 19.5 Å². The lowest BCUT2D eigenvalue weighted by atomic mass is 9.97. The van der Waals surface area contributed by atoms with Gasteiger partial charge in [-0.15, -0.1) is 0 Å². The van der Waals surface area contributed by atoms with Gasteiger partial charge >= 0.3 is 11.9 Å². The highest BCUT2D eigenvalue weighted by Gasteiger charge is 2.24. The summed E-state index contributed by atoms with van der Waals surface area (Å²) in [4.78, 5) is 37.4. The van der Waals surface area contributed by atoms with E-state index < -0.39 is 11.9 Å². The Morgan fingerprint density at radius 3 is 2.14 bits per heavy atom. The fourth-order valence-electron chi connectivity index (χ4n) is 5.33. The van der Waals surface area contributed by atoms with E-state index in [1.54, 1.807) is 18.2 Å². The van der Waals surface area contributed by atoms with Gasteiger partial charge in [0.2, 0.25) is 0 Å². The zero-order valence-corrected chi connectivity index (χ0v) is 23.5. The molecule has 7 heteroatoms. The van der Waals surface area contributed by atoms with Crippen LogP contribution in [0.3, 0.4) is 0 Å². The summed E-state index contributed by atoms with van der Waals surface area (Å²) in [6.45, 7) is 0.605. The fourth-order valence-corrected chi connectivity index (χ4v) is 5.33.